The number of aryl methyl sites for hydroxylation is 4. The Bertz CT molecular complexity index is 523. The first-order chi connectivity index (χ1) is 11.2. The van der Waals surface area contributed by atoms with Crippen molar-refractivity contribution in [1.82, 2.24) is 9.97 Å². The third-order valence-corrected chi connectivity index (χ3v) is 2.67. The van der Waals surface area contributed by atoms with Gasteiger partial charge in [-0.2, -0.15) is 0 Å². The minimum Gasteiger partial charge on any atom is -0.481 e. The molecule has 130 valence electrons. The van der Waals surface area contributed by atoms with Gasteiger partial charge in [0.05, 0.1) is 12.8 Å². The highest BCUT2D eigenvalue weighted by atomic mass is 16.4. The number of rotatable bonds is 3. The van der Waals surface area contributed by atoms with Crippen molar-refractivity contribution in [3.05, 3.63) is 59.2 Å². The maximum Gasteiger partial charge on any atom is 0.303 e. The van der Waals surface area contributed by atoms with Gasteiger partial charge in [0, 0.05) is 23.8 Å². The van der Waals surface area contributed by atoms with Crippen LogP contribution < -0.4 is 0 Å². The number of carboxylic acids is 2. The van der Waals surface area contributed by atoms with Gasteiger partial charge in [0.15, 0.2) is 0 Å². The summed E-state index contributed by atoms with van der Waals surface area (Å²) in [6.07, 6.45) is 3.15. The van der Waals surface area contributed by atoms with Gasteiger partial charge in [0.25, 0.3) is 0 Å². The number of carbonyl (C=O) groups is 2. The van der Waals surface area contributed by atoms with E-state index in [0.717, 1.165) is 11.4 Å². The van der Waals surface area contributed by atoms with E-state index in [1.165, 1.54) is 11.1 Å². The topological polar surface area (TPSA) is 100 Å². The summed E-state index contributed by atoms with van der Waals surface area (Å²) < 4.78 is 0. The molecule has 0 bridgehead atoms. The molecule has 2 rings (SSSR count). The van der Waals surface area contributed by atoms with Crippen LogP contribution in [0.25, 0.3) is 0 Å². The quantitative estimate of drug-likeness (QED) is 0.894. The van der Waals surface area contributed by atoms with Crippen LogP contribution >= 0.6 is 0 Å². The molecule has 0 aromatic carbocycles. The van der Waals surface area contributed by atoms with E-state index in [1.54, 1.807) is 0 Å². The first kappa shape index (κ1) is 21.2. The summed E-state index contributed by atoms with van der Waals surface area (Å²) in [7, 11) is 0. The van der Waals surface area contributed by atoms with Gasteiger partial charge in [-0.3, -0.25) is 19.6 Å². The first-order valence-corrected chi connectivity index (χ1v) is 7.42. The smallest absolute Gasteiger partial charge is 0.303 e. The fraction of sp³-hybridized carbons (Fsp3) is 0.333. The van der Waals surface area contributed by atoms with E-state index in [-0.39, 0.29) is 12.8 Å². The molecule has 0 spiro atoms. The second-order valence-electron chi connectivity index (χ2n) is 5.24. The lowest BCUT2D eigenvalue weighted by Gasteiger charge is -1.89. The minimum atomic E-state index is -1.08. The average Bonchev–Trinajstić information content (AvgIpc) is 2.52. The Hall–Kier alpha value is -2.76. The van der Waals surface area contributed by atoms with E-state index < -0.39 is 11.9 Å². The van der Waals surface area contributed by atoms with Gasteiger partial charge >= 0.3 is 11.9 Å². The van der Waals surface area contributed by atoms with E-state index in [1.807, 2.05) is 52.2 Å². The van der Waals surface area contributed by atoms with Crippen LogP contribution in [0.15, 0.2) is 36.7 Å². The van der Waals surface area contributed by atoms with Crippen molar-refractivity contribution < 1.29 is 19.8 Å². The molecule has 0 saturated carbocycles. The lowest BCUT2D eigenvalue weighted by atomic mass is 10.3. The van der Waals surface area contributed by atoms with Gasteiger partial charge in [-0.1, -0.05) is 12.1 Å². The van der Waals surface area contributed by atoms with Crippen LogP contribution in [0.2, 0.25) is 0 Å². The van der Waals surface area contributed by atoms with Crippen molar-refractivity contribution in [3.8, 4) is 0 Å². The molecule has 2 N–H and O–H groups in total. The number of pyridine rings is 2. The maximum atomic E-state index is 9.64. The average molecular weight is 332 g/mol. The summed E-state index contributed by atoms with van der Waals surface area (Å²) in [6, 6.07) is 8.13. The van der Waals surface area contributed by atoms with Gasteiger partial charge in [-0.15, -0.1) is 0 Å². The minimum absolute atomic E-state index is 0.296. The second-order valence-corrected chi connectivity index (χ2v) is 5.24. The SMILES string of the molecule is Cc1ccc(C)nc1.Cc1ccc(C)nc1.O=C(O)CCC(=O)O. The fourth-order valence-corrected chi connectivity index (χ4v) is 1.30. The Morgan fingerprint density at radius 1 is 0.750 bits per heavy atom. The summed E-state index contributed by atoms with van der Waals surface area (Å²) in [5, 5.41) is 15.8. The zero-order chi connectivity index (χ0) is 18.5. The predicted molar refractivity (Wildman–Crippen MR) is 91.9 cm³/mol. The molecule has 6 nitrogen and oxygen atoms in total. The highest BCUT2D eigenvalue weighted by Gasteiger charge is 2.00. The van der Waals surface area contributed by atoms with E-state index in [9.17, 15) is 9.59 Å². The van der Waals surface area contributed by atoms with Crippen molar-refractivity contribution in [2.24, 2.45) is 0 Å². The zero-order valence-corrected chi connectivity index (χ0v) is 14.5. The summed E-state index contributed by atoms with van der Waals surface area (Å²) in [5.74, 6) is -2.15. The third-order valence-electron chi connectivity index (χ3n) is 2.67. The highest BCUT2D eigenvalue weighted by molar-refractivity contribution is 5.75. The molecule has 0 unspecified atom stereocenters. The second kappa shape index (κ2) is 11.8. The van der Waals surface area contributed by atoms with Crippen molar-refractivity contribution in [1.29, 1.82) is 0 Å². The number of hydrogen-bond donors (Lipinski definition) is 2. The molecule has 24 heavy (non-hydrogen) atoms. The molecule has 0 fully saturated rings. The van der Waals surface area contributed by atoms with Gasteiger partial charge in [-0.25, -0.2) is 0 Å². The zero-order valence-electron chi connectivity index (χ0n) is 14.5. The van der Waals surface area contributed by atoms with Gasteiger partial charge in [0.2, 0.25) is 0 Å². The molecule has 0 aliphatic carbocycles. The summed E-state index contributed by atoms with van der Waals surface area (Å²) in [6.45, 7) is 8.04. The number of carboxylic acid groups (broad SMARTS) is 2. The standard InChI is InChI=1S/2C7H9N.C4H6O4/c2*1-6-3-4-7(2)8-5-6;5-3(6)1-2-4(7)8/h2*3-5H,1-2H3;1-2H2,(H,5,6)(H,7,8). The largest absolute Gasteiger partial charge is 0.481 e. The number of hydrogen-bond acceptors (Lipinski definition) is 4. The highest BCUT2D eigenvalue weighted by Crippen LogP contribution is 1.95. The Kier molecular flexibility index (Phi) is 10.4. The monoisotopic (exact) mass is 332 g/mol. The molecule has 0 radical (unpaired) electrons. The fourth-order valence-electron chi connectivity index (χ4n) is 1.30. The lowest BCUT2D eigenvalue weighted by Crippen LogP contribution is -2.00. The molecule has 0 saturated heterocycles. The molecule has 6 heteroatoms. The molecule has 0 amide bonds. The Morgan fingerprint density at radius 2 is 1.08 bits per heavy atom. The Labute approximate surface area is 142 Å². The summed E-state index contributed by atoms with van der Waals surface area (Å²) >= 11 is 0. The van der Waals surface area contributed by atoms with E-state index in [0.29, 0.717) is 0 Å². The van der Waals surface area contributed by atoms with Crippen molar-refractivity contribution in [3.63, 3.8) is 0 Å². The van der Waals surface area contributed by atoms with Crippen LogP contribution in [-0.4, -0.2) is 32.1 Å². The number of aromatic nitrogens is 2. The predicted octanol–water partition coefficient (Wildman–Crippen LogP) is 3.33. The molecular weight excluding hydrogens is 308 g/mol. The van der Waals surface area contributed by atoms with Gasteiger partial charge in [-0.05, 0) is 51.0 Å². The van der Waals surface area contributed by atoms with E-state index in [4.69, 9.17) is 10.2 Å². The van der Waals surface area contributed by atoms with E-state index in [2.05, 4.69) is 22.1 Å². The molecule has 2 aromatic rings. The maximum absolute atomic E-state index is 9.64. The first-order valence-electron chi connectivity index (χ1n) is 7.42. The van der Waals surface area contributed by atoms with Crippen LogP contribution in [0.3, 0.4) is 0 Å². The molecule has 2 heterocycles. The van der Waals surface area contributed by atoms with Crippen LogP contribution in [0.1, 0.15) is 35.4 Å². The Balaban J connectivity index is 0.000000331. The normalized spacial score (nSPS) is 9.00. The lowest BCUT2D eigenvalue weighted by molar-refractivity contribution is -0.143. The van der Waals surface area contributed by atoms with E-state index >= 15 is 0 Å². The summed E-state index contributed by atoms with van der Waals surface area (Å²) in [5.41, 5.74) is 4.59. The van der Waals surface area contributed by atoms with Gasteiger partial charge in [0.1, 0.15) is 0 Å². The van der Waals surface area contributed by atoms with Crippen LogP contribution in [0.4, 0.5) is 0 Å². The number of nitrogens with zero attached hydrogens (tertiary/aromatic N) is 2. The molecule has 0 aliphatic heterocycles. The summed E-state index contributed by atoms with van der Waals surface area (Å²) in [4.78, 5) is 27.4. The molecule has 0 atom stereocenters. The van der Waals surface area contributed by atoms with Crippen LogP contribution in [0, 0.1) is 27.7 Å². The number of aliphatic carboxylic acids is 2. The molecular formula is C18H24N2O4. The molecule has 0 aliphatic rings. The Morgan fingerprint density at radius 3 is 1.25 bits per heavy atom. The van der Waals surface area contributed by atoms with Crippen molar-refractivity contribution in [2.45, 2.75) is 40.5 Å². The van der Waals surface area contributed by atoms with Gasteiger partial charge < -0.3 is 10.2 Å². The van der Waals surface area contributed by atoms with Crippen molar-refractivity contribution >= 4 is 11.9 Å². The van der Waals surface area contributed by atoms with Crippen LogP contribution in [0.5, 0.6) is 0 Å². The van der Waals surface area contributed by atoms with Crippen LogP contribution in [-0.2, 0) is 9.59 Å². The third kappa shape index (κ3) is 12.9. The van der Waals surface area contributed by atoms with Crippen molar-refractivity contribution in [2.75, 3.05) is 0 Å². The molecule has 2 aromatic heterocycles.